The van der Waals surface area contributed by atoms with Gasteiger partial charge in [-0.15, -0.1) is 0 Å². The zero-order chi connectivity index (χ0) is 18.5. The molecular weight excluding hydrogens is 332 g/mol. The molecule has 0 bridgehead atoms. The van der Waals surface area contributed by atoms with Crippen molar-refractivity contribution < 1.29 is 14.1 Å². The van der Waals surface area contributed by atoms with Crippen LogP contribution in [0.1, 0.15) is 57.7 Å². The maximum atomic E-state index is 12.5. The number of hydrogen-bond donors (Lipinski definition) is 1. The van der Waals surface area contributed by atoms with Gasteiger partial charge in [0.1, 0.15) is 0 Å². The zero-order valence-electron chi connectivity index (χ0n) is 15.8. The van der Waals surface area contributed by atoms with Gasteiger partial charge in [-0.3, -0.25) is 9.59 Å². The van der Waals surface area contributed by atoms with Crippen LogP contribution in [0.5, 0.6) is 0 Å². The number of amides is 2. The fraction of sp³-hybridized carbons (Fsp3) is 0.789. The predicted molar refractivity (Wildman–Crippen MR) is 94.1 cm³/mol. The van der Waals surface area contributed by atoms with Gasteiger partial charge in [-0.1, -0.05) is 25.4 Å². The number of carbonyl (C=O) groups excluding carboxylic acids is 2. The van der Waals surface area contributed by atoms with Crippen LogP contribution in [-0.2, 0) is 15.0 Å². The van der Waals surface area contributed by atoms with Gasteiger partial charge in [0.05, 0.1) is 5.41 Å². The molecule has 2 aliphatic carbocycles. The highest BCUT2D eigenvalue weighted by Gasteiger charge is 2.58. The highest BCUT2D eigenvalue weighted by atomic mass is 16.5. The van der Waals surface area contributed by atoms with E-state index in [0.29, 0.717) is 24.8 Å². The molecule has 2 saturated carbocycles. The average molecular weight is 360 g/mol. The lowest BCUT2D eigenvalue weighted by Crippen LogP contribution is -2.43. The predicted octanol–water partition coefficient (Wildman–Crippen LogP) is 1.81. The van der Waals surface area contributed by atoms with Gasteiger partial charge in [-0.05, 0) is 38.5 Å². The molecule has 1 aromatic heterocycles. The van der Waals surface area contributed by atoms with Gasteiger partial charge in [0.15, 0.2) is 5.82 Å². The summed E-state index contributed by atoms with van der Waals surface area (Å²) in [6, 6.07) is 0.122. The highest BCUT2D eigenvalue weighted by molar-refractivity contribution is 5.80. The van der Waals surface area contributed by atoms with Crippen molar-refractivity contribution >= 4 is 11.8 Å². The Labute approximate surface area is 153 Å². The molecule has 0 aromatic carbocycles. The molecule has 7 heteroatoms. The van der Waals surface area contributed by atoms with Gasteiger partial charge < -0.3 is 14.7 Å². The van der Waals surface area contributed by atoms with Crippen LogP contribution >= 0.6 is 0 Å². The molecule has 1 aliphatic heterocycles. The quantitative estimate of drug-likeness (QED) is 0.885. The molecule has 2 heterocycles. The molecule has 0 radical (unpaired) electrons. The van der Waals surface area contributed by atoms with Crippen molar-refractivity contribution in [3.63, 3.8) is 0 Å². The van der Waals surface area contributed by atoms with Crippen molar-refractivity contribution in [1.29, 1.82) is 0 Å². The summed E-state index contributed by atoms with van der Waals surface area (Å²) in [4.78, 5) is 31.4. The summed E-state index contributed by atoms with van der Waals surface area (Å²) in [6.07, 6.45) is 4.80. The number of likely N-dealkylation sites (tertiary alicyclic amines) is 1. The minimum atomic E-state index is -0.330. The van der Waals surface area contributed by atoms with Gasteiger partial charge >= 0.3 is 0 Å². The van der Waals surface area contributed by atoms with E-state index in [1.165, 1.54) is 0 Å². The lowest BCUT2D eigenvalue weighted by molar-refractivity contribution is -0.134. The Morgan fingerprint density at radius 1 is 1.35 bits per heavy atom. The van der Waals surface area contributed by atoms with Gasteiger partial charge in [0, 0.05) is 31.0 Å². The molecule has 3 atom stereocenters. The van der Waals surface area contributed by atoms with Crippen LogP contribution in [0.25, 0.3) is 0 Å². The number of fused-ring (bicyclic) bond motifs is 1. The van der Waals surface area contributed by atoms with Crippen LogP contribution < -0.4 is 5.32 Å². The summed E-state index contributed by atoms with van der Waals surface area (Å²) in [5.41, 5.74) is -0.330. The standard InChI is InChI=1S/C19H28N4O3/c1-11(2)17(25)23-9-14-7-15(21-16(24)13-5-4-6-13)8-19(14,10-23)18-20-12(3)22-26-18/h11,13-15H,4-10H2,1-3H3,(H,21,24)/t14-,15+,19-/m0/s1. The Hall–Kier alpha value is -1.92. The van der Waals surface area contributed by atoms with Crippen LogP contribution in [0.15, 0.2) is 4.52 Å². The van der Waals surface area contributed by atoms with E-state index in [1.807, 2.05) is 25.7 Å². The monoisotopic (exact) mass is 360 g/mol. The summed E-state index contributed by atoms with van der Waals surface area (Å²) in [5.74, 6) is 2.01. The molecule has 1 N–H and O–H groups in total. The SMILES string of the molecule is Cc1noc([C@]23C[C@H](NC(=O)C4CCC4)C[C@H]2CN(C(=O)C(C)C)C3)n1. The Morgan fingerprint density at radius 2 is 2.12 bits per heavy atom. The molecule has 0 unspecified atom stereocenters. The van der Waals surface area contributed by atoms with Crippen molar-refractivity contribution in [2.75, 3.05) is 13.1 Å². The van der Waals surface area contributed by atoms with E-state index in [0.717, 1.165) is 32.1 Å². The van der Waals surface area contributed by atoms with E-state index in [1.54, 1.807) is 0 Å². The fourth-order valence-electron chi connectivity index (χ4n) is 4.83. The number of nitrogens with zero attached hydrogens (tertiary/aromatic N) is 3. The van der Waals surface area contributed by atoms with E-state index < -0.39 is 0 Å². The first kappa shape index (κ1) is 17.5. The van der Waals surface area contributed by atoms with Crippen LogP contribution in [0.2, 0.25) is 0 Å². The largest absolute Gasteiger partial charge is 0.353 e. The van der Waals surface area contributed by atoms with Gasteiger partial charge in [-0.2, -0.15) is 4.98 Å². The number of aryl methyl sites for hydroxylation is 1. The summed E-state index contributed by atoms with van der Waals surface area (Å²) in [7, 11) is 0. The first-order valence-corrected chi connectivity index (χ1v) is 9.79. The Balaban J connectivity index is 1.54. The number of hydrogen-bond acceptors (Lipinski definition) is 5. The van der Waals surface area contributed by atoms with E-state index in [2.05, 4.69) is 15.5 Å². The second-order valence-corrected chi connectivity index (χ2v) is 8.65. The molecule has 4 rings (SSSR count). The average Bonchev–Trinajstić information content (AvgIpc) is 3.16. The van der Waals surface area contributed by atoms with Crippen LogP contribution in [0, 0.1) is 24.7 Å². The molecule has 7 nitrogen and oxygen atoms in total. The van der Waals surface area contributed by atoms with Crippen molar-refractivity contribution in [1.82, 2.24) is 20.4 Å². The minimum Gasteiger partial charge on any atom is -0.353 e. The molecular formula is C19H28N4O3. The second-order valence-electron chi connectivity index (χ2n) is 8.65. The van der Waals surface area contributed by atoms with E-state index in [4.69, 9.17) is 4.52 Å². The maximum Gasteiger partial charge on any atom is 0.235 e. The topological polar surface area (TPSA) is 88.3 Å². The highest BCUT2D eigenvalue weighted by Crippen LogP contribution is 2.50. The fourth-order valence-corrected chi connectivity index (χ4v) is 4.83. The Morgan fingerprint density at radius 3 is 2.69 bits per heavy atom. The van der Waals surface area contributed by atoms with E-state index in [9.17, 15) is 9.59 Å². The third kappa shape index (κ3) is 2.81. The zero-order valence-corrected chi connectivity index (χ0v) is 15.8. The lowest BCUT2D eigenvalue weighted by Gasteiger charge is -2.28. The molecule has 0 spiro atoms. The molecule has 3 fully saturated rings. The number of nitrogens with one attached hydrogen (secondary N) is 1. The van der Waals surface area contributed by atoms with Gasteiger partial charge in [0.2, 0.25) is 17.7 Å². The third-order valence-corrected chi connectivity index (χ3v) is 6.46. The number of aromatic nitrogens is 2. The van der Waals surface area contributed by atoms with Crippen molar-refractivity contribution in [3.05, 3.63) is 11.7 Å². The normalized spacial score (nSPS) is 31.2. The van der Waals surface area contributed by atoms with Gasteiger partial charge in [-0.25, -0.2) is 0 Å². The summed E-state index contributed by atoms with van der Waals surface area (Å²) in [5, 5.41) is 7.23. The first-order chi connectivity index (χ1) is 12.4. The van der Waals surface area contributed by atoms with Crippen molar-refractivity contribution in [2.45, 2.75) is 64.3 Å². The van der Waals surface area contributed by atoms with Crippen LogP contribution in [0.4, 0.5) is 0 Å². The first-order valence-electron chi connectivity index (χ1n) is 9.79. The third-order valence-electron chi connectivity index (χ3n) is 6.46. The minimum absolute atomic E-state index is 0.0237. The van der Waals surface area contributed by atoms with Gasteiger partial charge in [0.25, 0.3) is 0 Å². The molecule has 3 aliphatic rings. The van der Waals surface area contributed by atoms with Crippen LogP contribution in [-0.4, -0.2) is 46.0 Å². The lowest BCUT2D eigenvalue weighted by atomic mass is 9.80. The van der Waals surface area contributed by atoms with E-state index >= 15 is 0 Å². The molecule has 26 heavy (non-hydrogen) atoms. The van der Waals surface area contributed by atoms with E-state index in [-0.39, 0.29) is 41.0 Å². The number of rotatable bonds is 4. The summed E-state index contributed by atoms with van der Waals surface area (Å²) in [6.45, 7) is 6.99. The summed E-state index contributed by atoms with van der Waals surface area (Å²) < 4.78 is 5.56. The maximum absolute atomic E-state index is 12.5. The van der Waals surface area contributed by atoms with Crippen molar-refractivity contribution in [3.8, 4) is 0 Å². The Bertz CT molecular complexity index is 711. The second kappa shape index (κ2) is 6.35. The molecule has 1 aromatic rings. The molecule has 1 saturated heterocycles. The number of carbonyl (C=O) groups is 2. The smallest absolute Gasteiger partial charge is 0.235 e. The molecule has 2 amide bonds. The van der Waals surface area contributed by atoms with Crippen LogP contribution in [0.3, 0.4) is 0 Å². The van der Waals surface area contributed by atoms with Crippen molar-refractivity contribution in [2.24, 2.45) is 17.8 Å². The Kier molecular flexibility index (Phi) is 4.28. The molecule has 142 valence electrons. The summed E-state index contributed by atoms with van der Waals surface area (Å²) >= 11 is 0.